The van der Waals surface area contributed by atoms with E-state index in [2.05, 4.69) is 25.7 Å². The predicted molar refractivity (Wildman–Crippen MR) is 82.1 cm³/mol. The standard InChI is InChI=1S/C18H21NO3/c1-11-17(2,3)13-8-9-18(11,10-13)16(22)19-14-6-4-12(5-7-14)15(20)21/h4-7,13H,1,8-10H2,2-3H3,(H,19,22)(H,20,21)/p-1/t13-,18+/m1/s1. The fourth-order valence-corrected chi connectivity index (χ4v) is 4.08. The zero-order valence-electron chi connectivity index (χ0n) is 12.9. The van der Waals surface area contributed by atoms with Gasteiger partial charge in [0.1, 0.15) is 0 Å². The van der Waals surface area contributed by atoms with E-state index in [1.807, 2.05) is 0 Å². The summed E-state index contributed by atoms with van der Waals surface area (Å²) in [4.78, 5) is 23.6. The van der Waals surface area contributed by atoms with Crippen LogP contribution in [-0.2, 0) is 4.79 Å². The quantitative estimate of drug-likeness (QED) is 0.871. The van der Waals surface area contributed by atoms with E-state index in [1.165, 1.54) is 12.1 Å². The van der Waals surface area contributed by atoms with E-state index in [-0.39, 0.29) is 16.9 Å². The molecular formula is C18H20NO3-. The number of hydrogen-bond donors (Lipinski definition) is 1. The van der Waals surface area contributed by atoms with Crippen molar-refractivity contribution in [2.45, 2.75) is 33.1 Å². The molecule has 2 aliphatic rings. The fraction of sp³-hybridized carbons (Fsp3) is 0.444. The van der Waals surface area contributed by atoms with Crippen LogP contribution in [0.25, 0.3) is 0 Å². The lowest BCUT2D eigenvalue weighted by Gasteiger charge is -2.37. The summed E-state index contributed by atoms with van der Waals surface area (Å²) in [7, 11) is 0. The Morgan fingerprint density at radius 2 is 1.91 bits per heavy atom. The van der Waals surface area contributed by atoms with Gasteiger partial charge in [0.2, 0.25) is 5.91 Å². The van der Waals surface area contributed by atoms with E-state index in [9.17, 15) is 14.7 Å². The third kappa shape index (κ3) is 1.97. The number of aromatic carboxylic acids is 1. The Morgan fingerprint density at radius 1 is 1.27 bits per heavy atom. The Morgan fingerprint density at radius 3 is 2.41 bits per heavy atom. The van der Waals surface area contributed by atoms with Crippen LogP contribution in [0.2, 0.25) is 0 Å². The van der Waals surface area contributed by atoms with Gasteiger partial charge in [-0.25, -0.2) is 0 Å². The van der Waals surface area contributed by atoms with Crippen LogP contribution in [0.1, 0.15) is 43.5 Å². The second-order valence-corrected chi connectivity index (χ2v) is 7.04. The second-order valence-electron chi connectivity index (χ2n) is 7.04. The van der Waals surface area contributed by atoms with E-state index in [0.29, 0.717) is 11.6 Å². The number of carbonyl (C=O) groups is 2. The van der Waals surface area contributed by atoms with Gasteiger partial charge in [0, 0.05) is 5.69 Å². The number of amides is 1. The number of fused-ring (bicyclic) bond motifs is 2. The summed E-state index contributed by atoms with van der Waals surface area (Å²) < 4.78 is 0. The molecule has 1 amide bonds. The molecular weight excluding hydrogens is 278 g/mol. The Hall–Kier alpha value is -2.10. The average Bonchev–Trinajstić information content (AvgIpc) is 3.00. The number of nitrogens with one attached hydrogen (secondary N) is 1. The number of rotatable bonds is 3. The van der Waals surface area contributed by atoms with Gasteiger partial charge in [-0.2, -0.15) is 0 Å². The number of carboxylic acids is 1. The van der Waals surface area contributed by atoms with Gasteiger partial charge in [-0.15, -0.1) is 0 Å². The highest BCUT2D eigenvalue weighted by Crippen LogP contribution is 2.65. The molecule has 1 aromatic rings. The van der Waals surface area contributed by atoms with Crippen LogP contribution >= 0.6 is 0 Å². The topological polar surface area (TPSA) is 69.2 Å². The Kier molecular flexibility index (Phi) is 3.17. The summed E-state index contributed by atoms with van der Waals surface area (Å²) >= 11 is 0. The minimum Gasteiger partial charge on any atom is -0.545 e. The normalized spacial score (nSPS) is 28.6. The Balaban J connectivity index is 1.80. The molecule has 0 aromatic heterocycles. The van der Waals surface area contributed by atoms with Crippen molar-refractivity contribution in [3.63, 3.8) is 0 Å². The van der Waals surface area contributed by atoms with Gasteiger partial charge in [0.05, 0.1) is 11.4 Å². The third-order valence-corrected chi connectivity index (χ3v) is 5.70. The predicted octanol–water partition coefficient (Wildman–Crippen LogP) is 2.37. The molecule has 2 bridgehead atoms. The van der Waals surface area contributed by atoms with Gasteiger partial charge >= 0.3 is 0 Å². The number of hydrogen-bond acceptors (Lipinski definition) is 3. The van der Waals surface area contributed by atoms with Crippen molar-refractivity contribution in [3.05, 3.63) is 42.0 Å². The van der Waals surface area contributed by atoms with Crippen LogP contribution in [0.15, 0.2) is 36.4 Å². The zero-order chi connectivity index (χ0) is 16.1. The lowest BCUT2D eigenvalue weighted by atomic mass is 9.68. The summed E-state index contributed by atoms with van der Waals surface area (Å²) in [6.07, 6.45) is 2.77. The summed E-state index contributed by atoms with van der Waals surface area (Å²) in [5.74, 6) is -0.723. The molecule has 0 aliphatic heterocycles. The molecule has 4 heteroatoms. The van der Waals surface area contributed by atoms with Gasteiger partial charge in [0.15, 0.2) is 0 Å². The first-order chi connectivity index (χ1) is 10.3. The van der Waals surface area contributed by atoms with Crippen molar-refractivity contribution < 1.29 is 14.7 Å². The molecule has 2 saturated carbocycles. The monoisotopic (exact) mass is 298 g/mol. The smallest absolute Gasteiger partial charge is 0.234 e. The number of benzene rings is 1. The van der Waals surface area contributed by atoms with Crippen LogP contribution in [0, 0.1) is 16.7 Å². The minimum absolute atomic E-state index is 0.00836. The van der Waals surface area contributed by atoms with Gasteiger partial charge in [0.25, 0.3) is 0 Å². The largest absolute Gasteiger partial charge is 0.545 e. The van der Waals surface area contributed by atoms with Crippen LogP contribution in [-0.4, -0.2) is 11.9 Å². The Bertz CT molecular complexity index is 659. The third-order valence-electron chi connectivity index (χ3n) is 5.70. The SMILES string of the molecule is C=C1C(C)(C)[C@@H]2CC[C@]1(C(=O)Nc1ccc(C(=O)[O-])cc1)C2. The highest BCUT2D eigenvalue weighted by Gasteiger charge is 2.60. The van der Waals surface area contributed by atoms with Crippen LogP contribution in [0.4, 0.5) is 5.69 Å². The molecule has 4 nitrogen and oxygen atoms in total. The number of anilines is 1. The molecule has 2 fully saturated rings. The molecule has 116 valence electrons. The molecule has 22 heavy (non-hydrogen) atoms. The van der Waals surface area contributed by atoms with E-state index >= 15 is 0 Å². The maximum atomic E-state index is 12.8. The molecule has 0 unspecified atom stereocenters. The zero-order valence-corrected chi connectivity index (χ0v) is 12.9. The molecule has 0 radical (unpaired) electrons. The van der Waals surface area contributed by atoms with Crippen molar-refractivity contribution in [2.75, 3.05) is 5.32 Å². The van der Waals surface area contributed by atoms with Crippen LogP contribution in [0.5, 0.6) is 0 Å². The highest BCUT2D eigenvalue weighted by atomic mass is 16.4. The molecule has 0 spiro atoms. The fourth-order valence-electron chi connectivity index (χ4n) is 4.08. The van der Waals surface area contributed by atoms with Gasteiger partial charge in [-0.1, -0.05) is 38.1 Å². The summed E-state index contributed by atoms with van der Waals surface area (Å²) in [6.45, 7) is 8.55. The lowest BCUT2D eigenvalue weighted by molar-refractivity contribution is -0.255. The lowest BCUT2D eigenvalue weighted by Crippen LogP contribution is -2.37. The van der Waals surface area contributed by atoms with Gasteiger partial charge in [-0.3, -0.25) is 4.79 Å². The van der Waals surface area contributed by atoms with Crippen molar-refractivity contribution in [2.24, 2.45) is 16.7 Å². The van der Waals surface area contributed by atoms with Crippen molar-refractivity contribution >= 4 is 17.6 Å². The Labute approximate surface area is 130 Å². The van der Waals surface area contributed by atoms with Gasteiger partial charge < -0.3 is 15.2 Å². The number of carbonyl (C=O) groups excluding carboxylic acids is 2. The minimum atomic E-state index is -1.22. The molecule has 0 saturated heterocycles. The maximum absolute atomic E-state index is 12.8. The van der Waals surface area contributed by atoms with E-state index < -0.39 is 11.4 Å². The molecule has 3 rings (SSSR count). The van der Waals surface area contributed by atoms with Crippen molar-refractivity contribution in [3.8, 4) is 0 Å². The van der Waals surface area contributed by atoms with E-state index in [0.717, 1.165) is 24.8 Å². The summed E-state index contributed by atoms with van der Waals surface area (Å²) in [6, 6.07) is 6.06. The van der Waals surface area contributed by atoms with Crippen LogP contribution < -0.4 is 10.4 Å². The summed E-state index contributed by atoms with van der Waals surface area (Å²) in [5, 5.41) is 13.7. The summed E-state index contributed by atoms with van der Waals surface area (Å²) in [5.41, 5.74) is 1.27. The molecule has 1 aromatic carbocycles. The van der Waals surface area contributed by atoms with Crippen molar-refractivity contribution in [1.29, 1.82) is 0 Å². The van der Waals surface area contributed by atoms with E-state index in [1.54, 1.807) is 12.1 Å². The first-order valence-corrected chi connectivity index (χ1v) is 7.60. The van der Waals surface area contributed by atoms with Crippen molar-refractivity contribution in [1.82, 2.24) is 0 Å². The molecule has 0 heterocycles. The highest BCUT2D eigenvalue weighted by molar-refractivity contribution is 5.99. The second kappa shape index (κ2) is 4.70. The van der Waals surface area contributed by atoms with Crippen LogP contribution in [0.3, 0.4) is 0 Å². The first kappa shape index (κ1) is 14.8. The molecule has 2 aliphatic carbocycles. The van der Waals surface area contributed by atoms with E-state index in [4.69, 9.17) is 0 Å². The molecule has 1 N–H and O–H groups in total. The van der Waals surface area contributed by atoms with Gasteiger partial charge in [-0.05, 0) is 48.3 Å². The first-order valence-electron chi connectivity index (χ1n) is 7.60. The molecule has 2 atom stereocenters. The maximum Gasteiger partial charge on any atom is 0.234 e. The average molecular weight is 298 g/mol. The number of carboxylic acid groups (broad SMARTS) is 1.